The van der Waals surface area contributed by atoms with E-state index in [2.05, 4.69) is 0 Å². The van der Waals surface area contributed by atoms with Crippen molar-refractivity contribution in [3.8, 4) is 11.5 Å². The molecule has 19 heavy (non-hydrogen) atoms. The largest absolute Gasteiger partial charge is 0.497 e. The number of fused-ring (bicyclic) bond motifs is 3. The second-order valence-electron chi connectivity index (χ2n) is 4.16. The van der Waals surface area contributed by atoms with Crippen LogP contribution in [0.1, 0.15) is 0 Å². The van der Waals surface area contributed by atoms with E-state index in [4.69, 9.17) is 26.1 Å². The number of methoxy groups -OCH3 is 2. The molecule has 0 spiro atoms. The zero-order chi connectivity index (χ0) is 13.4. The molecule has 1 aromatic heterocycles. The van der Waals surface area contributed by atoms with Crippen molar-refractivity contribution < 1.29 is 13.9 Å². The van der Waals surface area contributed by atoms with Crippen LogP contribution in [-0.2, 0) is 0 Å². The van der Waals surface area contributed by atoms with Crippen LogP contribution in [0, 0.1) is 4.71 Å². The van der Waals surface area contributed by atoms with Gasteiger partial charge in [-0.2, -0.15) is 0 Å². The van der Waals surface area contributed by atoms with Gasteiger partial charge in [-0.05, 0) is 47.9 Å². The van der Waals surface area contributed by atoms with E-state index in [0.717, 1.165) is 33.2 Å². The van der Waals surface area contributed by atoms with Gasteiger partial charge >= 0.3 is 0 Å². The van der Waals surface area contributed by atoms with E-state index in [0.29, 0.717) is 4.71 Å². The normalized spacial score (nSPS) is 10.8. The Kier molecular flexibility index (Phi) is 2.87. The molecule has 0 saturated carbocycles. The highest BCUT2D eigenvalue weighted by Gasteiger charge is 2.07. The van der Waals surface area contributed by atoms with E-state index in [1.165, 1.54) is 0 Å². The highest BCUT2D eigenvalue weighted by Crippen LogP contribution is 2.31. The fraction of sp³-hybridized carbons (Fsp3) is 0.133. The molecule has 0 fully saturated rings. The van der Waals surface area contributed by atoms with Gasteiger partial charge in [0.05, 0.1) is 14.2 Å². The van der Waals surface area contributed by atoms with Crippen LogP contribution in [0.2, 0.25) is 0 Å². The summed E-state index contributed by atoms with van der Waals surface area (Å²) in [4.78, 5) is 0. The molecule has 96 valence electrons. The monoisotopic (exact) mass is 272 g/mol. The lowest BCUT2D eigenvalue weighted by molar-refractivity contribution is 0.414. The van der Waals surface area contributed by atoms with E-state index in [1.54, 1.807) is 14.2 Å². The first kappa shape index (κ1) is 12.0. The van der Waals surface area contributed by atoms with Crippen molar-refractivity contribution in [2.75, 3.05) is 14.2 Å². The standard InChI is InChI=1S/C15H12O3S/c1-16-9-3-5-11-12-6-4-10(17-2)8-14(12)18-15(19)13(11)7-9/h3-8H,1-2H3. The molecule has 4 heteroatoms. The highest BCUT2D eigenvalue weighted by atomic mass is 32.1. The maximum atomic E-state index is 5.70. The lowest BCUT2D eigenvalue weighted by Crippen LogP contribution is -1.86. The predicted molar refractivity (Wildman–Crippen MR) is 77.7 cm³/mol. The first-order chi connectivity index (χ1) is 9.22. The lowest BCUT2D eigenvalue weighted by Gasteiger charge is -2.07. The third-order valence-corrected chi connectivity index (χ3v) is 3.43. The summed E-state index contributed by atoms with van der Waals surface area (Å²) in [5.74, 6) is 1.51. The zero-order valence-corrected chi connectivity index (χ0v) is 11.4. The molecule has 0 aliphatic carbocycles. The Morgan fingerprint density at radius 3 is 2.16 bits per heavy atom. The summed E-state index contributed by atoms with van der Waals surface area (Å²) >= 11 is 5.31. The van der Waals surface area contributed by atoms with Gasteiger partial charge in [0, 0.05) is 16.8 Å². The Morgan fingerprint density at radius 2 is 1.47 bits per heavy atom. The summed E-state index contributed by atoms with van der Waals surface area (Å²) in [6.07, 6.45) is 0. The van der Waals surface area contributed by atoms with Crippen LogP contribution in [0.3, 0.4) is 0 Å². The molecule has 1 heterocycles. The van der Waals surface area contributed by atoms with Gasteiger partial charge in [-0.25, -0.2) is 0 Å². The first-order valence-corrected chi connectivity index (χ1v) is 6.22. The molecule has 0 bridgehead atoms. The molecule has 0 radical (unpaired) electrons. The number of rotatable bonds is 2. The van der Waals surface area contributed by atoms with Crippen LogP contribution < -0.4 is 9.47 Å². The molecular formula is C15H12O3S. The zero-order valence-electron chi connectivity index (χ0n) is 10.6. The molecule has 0 aliphatic rings. The SMILES string of the molecule is COc1ccc2c(c1)oc(=S)c1cc(OC)ccc12. The number of ether oxygens (including phenoxy) is 2. The second-order valence-corrected chi connectivity index (χ2v) is 4.53. The van der Waals surface area contributed by atoms with E-state index in [-0.39, 0.29) is 0 Å². The molecule has 0 unspecified atom stereocenters. The van der Waals surface area contributed by atoms with Crippen molar-refractivity contribution >= 4 is 34.0 Å². The third-order valence-electron chi connectivity index (χ3n) is 3.13. The topological polar surface area (TPSA) is 31.6 Å². The van der Waals surface area contributed by atoms with Gasteiger partial charge in [0.2, 0.25) is 0 Å². The lowest BCUT2D eigenvalue weighted by atomic mass is 10.1. The first-order valence-electron chi connectivity index (χ1n) is 5.81. The van der Waals surface area contributed by atoms with Gasteiger partial charge in [-0.15, -0.1) is 0 Å². The Morgan fingerprint density at radius 1 is 0.842 bits per heavy atom. The average molecular weight is 272 g/mol. The number of benzene rings is 2. The van der Waals surface area contributed by atoms with Crippen LogP contribution in [0.4, 0.5) is 0 Å². The molecule has 2 aromatic carbocycles. The van der Waals surface area contributed by atoms with Crippen LogP contribution in [-0.4, -0.2) is 14.2 Å². The Hall–Kier alpha value is -2.07. The minimum atomic E-state index is 0.453. The predicted octanol–water partition coefficient (Wildman–Crippen LogP) is 4.33. The van der Waals surface area contributed by atoms with Crippen molar-refractivity contribution in [1.29, 1.82) is 0 Å². The summed E-state index contributed by atoms with van der Waals surface area (Å²) in [7, 11) is 3.26. The van der Waals surface area contributed by atoms with Crippen LogP contribution in [0.25, 0.3) is 21.7 Å². The smallest absolute Gasteiger partial charge is 0.198 e. The van der Waals surface area contributed by atoms with Gasteiger partial charge in [-0.3, -0.25) is 0 Å². The fourth-order valence-electron chi connectivity index (χ4n) is 2.15. The molecule has 0 atom stereocenters. The van der Waals surface area contributed by atoms with E-state index in [1.807, 2.05) is 36.4 Å². The molecule has 3 nitrogen and oxygen atoms in total. The van der Waals surface area contributed by atoms with Gasteiger partial charge < -0.3 is 13.9 Å². The van der Waals surface area contributed by atoms with Crippen molar-refractivity contribution in [3.63, 3.8) is 0 Å². The van der Waals surface area contributed by atoms with Crippen molar-refractivity contribution in [2.24, 2.45) is 0 Å². The van der Waals surface area contributed by atoms with Gasteiger partial charge in [0.15, 0.2) is 4.71 Å². The molecule has 0 aliphatic heterocycles. The van der Waals surface area contributed by atoms with Crippen LogP contribution >= 0.6 is 12.2 Å². The molecule has 0 amide bonds. The summed E-state index contributed by atoms with van der Waals surface area (Å²) in [5.41, 5.74) is 0.724. The van der Waals surface area contributed by atoms with Crippen molar-refractivity contribution in [1.82, 2.24) is 0 Å². The maximum Gasteiger partial charge on any atom is 0.198 e. The minimum Gasteiger partial charge on any atom is -0.497 e. The maximum absolute atomic E-state index is 5.70. The Balaban J connectivity index is 2.43. The quantitative estimate of drug-likeness (QED) is 0.513. The third kappa shape index (κ3) is 1.94. The highest BCUT2D eigenvalue weighted by molar-refractivity contribution is 7.71. The molecular weight excluding hydrogens is 260 g/mol. The molecule has 0 N–H and O–H groups in total. The van der Waals surface area contributed by atoms with Crippen LogP contribution in [0.15, 0.2) is 40.8 Å². The van der Waals surface area contributed by atoms with Crippen LogP contribution in [0.5, 0.6) is 11.5 Å². The number of hydrogen-bond acceptors (Lipinski definition) is 4. The van der Waals surface area contributed by atoms with E-state index >= 15 is 0 Å². The van der Waals surface area contributed by atoms with E-state index < -0.39 is 0 Å². The van der Waals surface area contributed by atoms with E-state index in [9.17, 15) is 0 Å². The Bertz CT molecular complexity index is 821. The fourth-order valence-corrected chi connectivity index (χ4v) is 2.40. The summed E-state index contributed by atoms with van der Waals surface area (Å²) in [6.45, 7) is 0. The van der Waals surface area contributed by atoms with Gasteiger partial charge in [0.25, 0.3) is 0 Å². The number of hydrogen-bond donors (Lipinski definition) is 0. The second kappa shape index (κ2) is 4.55. The van der Waals surface area contributed by atoms with Crippen molar-refractivity contribution in [2.45, 2.75) is 0 Å². The minimum absolute atomic E-state index is 0.453. The average Bonchev–Trinajstić information content (AvgIpc) is 2.46. The summed E-state index contributed by atoms with van der Waals surface area (Å²) in [6, 6.07) is 11.5. The molecule has 3 aromatic rings. The van der Waals surface area contributed by atoms with Gasteiger partial charge in [-0.1, -0.05) is 0 Å². The summed E-state index contributed by atoms with van der Waals surface area (Å²) in [5, 5.41) is 2.94. The van der Waals surface area contributed by atoms with Gasteiger partial charge in [0.1, 0.15) is 17.1 Å². The molecule has 3 rings (SSSR count). The van der Waals surface area contributed by atoms with Crippen molar-refractivity contribution in [3.05, 3.63) is 41.1 Å². The Labute approximate surface area is 115 Å². The summed E-state index contributed by atoms with van der Waals surface area (Å²) < 4.78 is 16.6. The molecule has 0 saturated heterocycles.